The van der Waals surface area contributed by atoms with Gasteiger partial charge < -0.3 is 20.1 Å². The number of esters is 1. The predicted molar refractivity (Wildman–Crippen MR) is 113 cm³/mol. The molecule has 0 aromatic heterocycles. The van der Waals surface area contributed by atoms with E-state index in [4.69, 9.17) is 16.3 Å². The van der Waals surface area contributed by atoms with Crippen LogP contribution in [0.3, 0.4) is 0 Å². The number of carbonyl (C=O) groups excluding carboxylic acids is 3. The fourth-order valence-corrected chi connectivity index (χ4v) is 2.80. The highest BCUT2D eigenvalue weighted by molar-refractivity contribution is 6.33. The molecule has 1 aromatic rings. The number of alkyl halides is 3. The Balaban J connectivity index is 3.06. The van der Waals surface area contributed by atoms with Crippen LogP contribution in [-0.2, 0) is 25.5 Å². The number of nitrogens with one attached hydrogen (secondary N) is 2. The molecule has 1 aromatic carbocycles. The molecule has 0 saturated carbocycles. The summed E-state index contributed by atoms with van der Waals surface area (Å²) in [5.74, 6) is -4.25. The molecule has 0 saturated heterocycles. The fraction of sp³-hybridized carbons (Fsp3) is 0.476. The molecule has 2 unspecified atom stereocenters. The molecule has 0 aliphatic heterocycles. The summed E-state index contributed by atoms with van der Waals surface area (Å²) in [6, 6.07) is 2.53. The zero-order valence-corrected chi connectivity index (χ0v) is 18.7. The minimum Gasteiger partial charge on any atom is -0.466 e. The van der Waals surface area contributed by atoms with Crippen molar-refractivity contribution < 1.29 is 37.0 Å². The number of hydrogen-bond acceptors (Lipinski definition) is 5. The Bertz CT molecular complexity index is 832. The molecule has 178 valence electrons. The van der Waals surface area contributed by atoms with Crippen molar-refractivity contribution in [3.8, 4) is 0 Å². The van der Waals surface area contributed by atoms with Gasteiger partial charge in [0.05, 0.1) is 29.2 Å². The third kappa shape index (κ3) is 8.41. The second-order valence-corrected chi connectivity index (χ2v) is 7.41. The fourth-order valence-electron chi connectivity index (χ4n) is 2.64. The Labute approximate surface area is 189 Å². The second kappa shape index (κ2) is 12.3. The normalized spacial score (nSPS) is 14.0. The van der Waals surface area contributed by atoms with E-state index < -0.39 is 42.0 Å². The number of ether oxygens (including phenoxy) is 2. The van der Waals surface area contributed by atoms with Gasteiger partial charge in [0, 0.05) is 0 Å². The molecule has 2 N–H and O–H groups in total. The Kier molecular flexibility index (Phi) is 10.5. The van der Waals surface area contributed by atoms with E-state index >= 15 is 0 Å². The van der Waals surface area contributed by atoms with Gasteiger partial charge in [0.25, 0.3) is 0 Å². The van der Waals surface area contributed by atoms with Crippen LogP contribution in [-0.4, -0.2) is 43.4 Å². The van der Waals surface area contributed by atoms with Crippen molar-refractivity contribution in [3.63, 3.8) is 0 Å². The topological polar surface area (TPSA) is 93.7 Å². The molecular formula is C21H26ClF3N2O5. The van der Waals surface area contributed by atoms with Crippen molar-refractivity contribution >= 4 is 35.3 Å². The highest BCUT2D eigenvalue weighted by Gasteiger charge is 2.45. The van der Waals surface area contributed by atoms with Crippen LogP contribution in [0.2, 0.25) is 5.02 Å². The highest BCUT2D eigenvalue weighted by Crippen LogP contribution is 2.30. The van der Waals surface area contributed by atoms with Crippen molar-refractivity contribution in [2.24, 2.45) is 11.8 Å². The average Bonchev–Trinajstić information content (AvgIpc) is 2.71. The smallest absolute Gasteiger partial charge is 0.408 e. The van der Waals surface area contributed by atoms with Crippen LogP contribution in [0.1, 0.15) is 26.3 Å². The van der Waals surface area contributed by atoms with Gasteiger partial charge in [0.2, 0.25) is 5.91 Å². The van der Waals surface area contributed by atoms with Crippen molar-refractivity contribution in [1.29, 1.82) is 0 Å². The Hall–Kier alpha value is -2.75. The minimum absolute atomic E-state index is 0.0332. The van der Waals surface area contributed by atoms with Crippen molar-refractivity contribution in [2.45, 2.75) is 39.4 Å². The molecule has 0 bridgehead atoms. The maximum atomic E-state index is 13.3. The van der Waals surface area contributed by atoms with Crippen LogP contribution in [0.5, 0.6) is 0 Å². The molecule has 3 atom stereocenters. The summed E-state index contributed by atoms with van der Waals surface area (Å²) in [7, 11) is 0. The summed E-state index contributed by atoms with van der Waals surface area (Å²) >= 11 is 6.09. The van der Waals surface area contributed by atoms with Gasteiger partial charge in [0.15, 0.2) is 0 Å². The van der Waals surface area contributed by atoms with Gasteiger partial charge in [-0.3, -0.25) is 9.59 Å². The largest absolute Gasteiger partial charge is 0.466 e. The first-order chi connectivity index (χ1) is 14.9. The van der Waals surface area contributed by atoms with Gasteiger partial charge in [0.1, 0.15) is 12.6 Å². The summed E-state index contributed by atoms with van der Waals surface area (Å²) in [5, 5.41) is 4.31. The molecule has 7 nitrogen and oxygen atoms in total. The molecule has 0 aliphatic rings. The van der Waals surface area contributed by atoms with Crippen molar-refractivity contribution in [3.05, 3.63) is 41.4 Å². The Morgan fingerprint density at radius 2 is 1.88 bits per heavy atom. The van der Waals surface area contributed by atoms with E-state index in [0.29, 0.717) is 5.56 Å². The number of benzene rings is 1. The standard InChI is InChI=1S/C21H26ClF3N2O5/c1-5-9-32-20(30)27-17(13(4)21(23,24)25)18(28)26-16-11-14(7-8-15(16)22)10-12(3)19(29)31-6-2/h5,7-8,11-13,17H,1,6,9-10H2,2-4H3,(H,26,28)(H,27,30)/t12-,13?,17?/m0/s1. The third-order valence-electron chi connectivity index (χ3n) is 4.42. The summed E-state index contributed by atoms with van der Waals surface area (Å²) in [4.78, 5) is 36.2. The molecule has 0 fully saturated rings. The molecule has 11 heteroatoms. The maximum absolute atomic E-state index is 13.3. The van der Waals surface area contributed by atoms with Crippen LogP contribution < -0.4 is 10.6 Å². The van der Waals surface area contributed by atoms with Gasteiger partial charge in [-0.05, 0) is 31.0 Å². The van der Waals surface area contributed by atoms with E-state index in [1.807, 2.05) is 5.32 Å². The van der Waals surface area contributed by atoms with Crippen molar-refractivity contribution in [2.75, 3.05) is 18.5 Å². The molecule has 0 heterocycles. The first-order valence-corrected chi connectivity index (χ1v) is 10.1. The zero-order chi connectivity index (χ0) is 24.5. The van der Waals surface area contributed by atoms with Crippen molar-refractivity contribution in [1.82, 2.24) is 5.32 Å². The van der Waals surface area contributed by atoms with Gasteiger partial charge in [-0.25, -0.2) is 4.79 Å². The number of alkyl carbamates (subject to hydrolysis) is 1. The molecular weight excluding hydrogens is 453 g/mol. The molecule has 32 heavy (non-hydrogen) atoms. The molecule has 0 radical (unpaired) electrons. The summed E-state index contributed by atoms with van der Waals surface area (Å²) in [6.45, 7) is 7.41. The van der Waals surface area contributed by atoms with E-state index in [-0.39, 0.29) is 30.3 Å². The Morgan fingerprint density at radius 3 is 2.44 bits per heavy atom. The second-order valence-electron chi connectivity index (χ2n) is 7.00. The van der Waals surface area contributed by atoms with Gasteiger partial charge in [-0.2, -0.15) is 13.2 Å². The zero-order valence-electron chi connectivity index (χ0n) is 17.9. The van der Waals surface area contributed by atoms with E-state index in [1.165, 1.54) is 18.2 Å². The van der Waals surface area contributed by atoms with E-state index in [2.05, 4.69) is 16.6 Å². The average molecular weight is 479 g/mol. The molecule has 2 amide bonds. The minimum atomic E-state index is -4.77. The lowest BCUT2D eigenvalue weighted by atomic mass is 9.99. The lowest BCUT2D eigenvalue weighted by Gasteiger charge is -2.26. The Morgan fingerprint density at radius 1 is 1.22 bits per heavy atom. The lowest BCUT2D eigenvalue weighted by molar-refractivity contribution is -0.178. The molecule has 1 rings (SSSR count). The lowest BCUT2D eigenvalue weighted by Crippen LogP contribution is -2.52. The maximum Gasteiger partial charge on any atom is 0.408 e. The molecule has 0 spiro atoms. The summed E-state index contributed by atoms with van der Waals surface area (Å²) in [5.41, 5.74) is 0.634. The predicted octanol–water partition coefficient (Wildman–Crippen LogP) is 4.50. The SMILES string of the molecule is C=CCOC(=O)NC(C(=O)Nc1cc(C[C@H](C)C(=O)OCC)ccc1Cl)C(C)C(F)(F)F. The monoisotopic (exact) mass is 478 g/mol. The number of hydrogen-bond donors (Lipinski definition) is 2. The number of carbonyl (C=O) groups is 3. The van der Waals surface area contributed by atoms with Crippen LogP contribution in [0.15, 0.2) is 30.9 Å². The summed E-state index contributed by atoms with van der Waals surface area (Å²) < 4.78 is 49.4. The number of rotatable bonds is 10. The number of anilines is 1. The van der Waals surface area contributed by atoms with E-state index in [0.717, 1.165) is 6.92 Å². The summed E-state index contributed by atoms with van der Waals surface area (Å²) in [6.07, 6.45) is -4.49. The first-order valence-electron chi connectivity index (χ1n) is 9.77. The number of halogens is 4. The van der Waals surface area contributed by atoms with Crippen LogP contribution in [0, 0.1) is 11.8 Å². The number of amides is 2. The van der Waals surface area contributed by atoms with Gasteiger partial charge in [-0.15, -0.1) is 0 Å². The van der Waals surface area contributed by atoms with Gasteiger partial charge in [-0.1, -0.05) is 44.2 Å². The van der Waals surface area contributed by atoms with E-state index in [9.17, 15) is 27.6 Å². The van der Waals surface area contributed by atoms with Crippen LogP contribution >= 0.6 is 11.6 Å². The highest BCUT2D eigenvalue weighted by atomic mass is 35.5. The quantitative estimate of drug-likeness (QED) is 0.381. The first kappa shape index (κ1) is 27.3. The molecule has 0 aliphatic carbocycles. The third-order valence-corrected chi connectivity index (χ3v) is 4.75. The van der Waals surface area contributed by atoms with Gasteiger partial charge >= 0.3 is 18.2 Å². The van der Waals surface area contributed by atoms with Crippen LogP contribution in [0.4, 0.5) is 23.7 Å². The van der Waals surface area contributed by atoms with Crippen LogP contribution in [0.25, 0.3) is 0 Å². The van der Waals surface area contributed by atoms with E-state index in [1.54, 1.807) is 19.9 Å².